The van der Waals surface area contributed by atoms with Crippen molar-refractivity contribution in [2.75, 3.05) is 19.6 Å². The minimum absolute atomic E-state index is 0.108. The number of rotatable bonds is 1. The van der Waals surface area contributed by atoms with Gasteiger partial charge in [-0.3, -0.25) is 15.1 Å². The molecule has 0 aromatic heterocycles. The maximum atomic E-state index is 10.2. The topological polar surface area (TPSA) is 65.5 Å². The number of nitrogens with zero attached hydrogens (tertiary/aromatic N) is 1. The van der Waals surface area contributed by atoms with Crippen LogP contribution in [0, 0.1) is 0 Å². The highest BCUT2D eigenvalue weighted by atomic mass is 16.1. The second-order valence-corrected chi connectivity index (χ2v) is 3.58. The van der Waals surface area contributed by atoms with Crippen molar-refractivity contribution in [2.45, 2.75) is 18.4 Å². The Morgan fingerprint density at radius 2 is 2.23 bits per heavy atom. The molecular formula is C8H14N4O. The normalized spacial score (nSPS) is 25.1. The maximum Gasteiger partial charge on any atom is 0.213 e. The largest absolute Gasteiger partial charge is 0.349 e. The van der Waals surface area contributed by atoms with Gasteiger partial charge in [-0.25, -0.2) is 0 Å². The first-order chi connectivity index (χ1) is 6.35. The minimum Gasteiger partial charge on any atom is -0.349 e. The van der Waals surface area contributed by atoms with Crippen LogP contribution in [0.5, 0.6) is 0 Å². The van der Waals surface area contributed by atoms with Crippen LogP contribution < -0.4 is 16.0 Å². The quantitative estimate of drug-likeness (QED) is 0.447. The molecule has 1 fully saturated rings. The lowest BCUT2D eigenvalue weighted by Crippen LogP contribution is -2.54. The summed E-state index contributed by atoms with van der Waals surface area (Å²) in [6.07, 6.45) is 2.80. The molecule has 0 saturated carbocycles. The van der Waals surface area contributed by atoms with Gasteiger partial charge in [0.1, 0.15) is 0 Å². The van der Waals surface area contributed by atoms with Gasteiger partial charge >= 0.3 is 0 Å². The van der Waals surface area contributed by atoms with Crippen molar-refractivity contribution < 1.29 is 4.79 Å². The van der Waals surface area contributed by atoms with Crippen molar-refractivity contribution in [3.63, 3.8) is 0 Å². The van der Waals surface area contributed by atoms with E-state index in [1.165, 1.54) is 0 Å². The summed E-state index contributed by atoms with van der Waals surface area (Å²) >= 11 is 0. The maximum absolute atomic E-state index is 10.2. The molecular weight excluding hydrogens is 168 g/mol. The summed E-state index contributed by atoms with van der Waals surface area (Å²) in [7, 11) is 0. The predicted octanol–water partition coefficient (Wildman–Crippen LogP) is -1.19. The smallest absolute Gasteiger partial charge is 0.213 e. The van der Waals surface area contributed by atoms with Crippen LogP contribution in [0.3, 0.4) is 0 Å². The SMILES string of the molecule is O=CNC1=NCC2(CCNCC2)N1. The molecule has 2 rings (SSSR count). The second-order valence-electron chi connectivity index (χ2n) is 3.58. The van der Waals surface area contributed by atoms with E-state index in [2.05, 4.69) is 20.9 Å². The number of guanidine groups is 1. The third-order valence-electron chi connectivity index (χ3n) is 2.68. The van der Waals surface area contributed by atoms with Crippen LogP contribution >= 0.6 is 0 Å². The number of amides is 1. The van der Waals surface area contributed by atoms with Gasteiger partial charge < -0.3 is 10.6 Å². The molecule has 2 aliphatic rings. The van der Waals surface area contributed by atoms with Gasteiger partial charge in [-0.2, -0.15) is 0 Å². The van der Waals surface area contributed by atoms with Crippen LogP contribution in [-0.2, 0) is 4.79 Å². The van der Waals surface area contributed by atoms with E-state index < -0.39 is 0 Å². The average molecular weight is 182 g/mol. The molecule has 0 aliphatic carbocycles. The monoisotopic (exact) mass is 182 g/mol. The number of piperidine rings is 1. The molecule has 2 heterocycles. The van der Waals surface area contributed by atoms with Gasteiger partial charge in [0.25, 0.3) is 0 Å². The summed E-state index contributed by atoms with van der Waals surface area (Å²) in [4.78, 5) is 14.4. The summed E-state index contributed by atoms with van der Waals surface area (Å²) < 4.78 is 0. The first kappa shape index (κ1) is 8.50. The van der Waals surface area contributed by atoms with Crippen LogP contribution in [-0.4, -0.2) is 37.5 Å². The van der Waals surface area contributed by atoms with E-state index in [1.54, 1.807) is 0 Å². The van der Waals surface area contributed by atoms with Crippen molar-refractivity contribution in [1.29, 1.82) is 0 Å². The molecule has 0 atom stereocenters. The molecule has 2 aliphatic heterocycles. The number of carbonyl (C=O) groups excluding carboxylic acids is 1. The highest BCUT2D eigenvalue weighted by Gasteiger charge is 2.36. The Balaban J connectivity index is 1.94. The van der Waals surface area contributed by atoms with Crippen LogP contribution in [0.15, 0.2) is 4.99 Å². The predicted molar refractivity (Wildman–Crippen MR) is 49.5 cm³/mol. The molecule has 0 unspecified atom stereocenters. The number of aliphatic imine (C=N–C) groups is 1. The molecule has 0 aromatic carbocycles. The van der Waals surface area contributed by atoms with Gasteiger partial charge in [0.15, 0.2) is 5.96 Å². The second kappa shape index (κ2) is 3.33. The molecule has 1 amide bonds. The fraction of sp³-hybridized carbons (Fsp3) is 0.750. The number of nitrogens with one attached hydrogen (secondary N) is 3. The Kier molecular flexibility index (Phi) is 2.18. The third-order valence-corrected chi connectivity index (χ3v) is 2.68. The summed E-state index contributed by atoms with van der Waals surface area (Å²) in [6, 6.07) is 0. The van der Waals surface area contributed by atoms with Crippen molar-refractivity contribution in [3.8, 4) is 0 Å². The Morgan fingerprint density at radius 1 is 1.46 bits per heavy atom. The first-order valence-electron chi connectivity index (χ1n) is 4.58. The lowest BCUT2D eigenvalue weighted by atomic mass is 9.89. The molecule has 0 aromatic rings. The van der Waals surface area contributed by atoms with Gasteiger partial charge in [-0.15, -0.1) is 0 Å². The van der Waals surface area contributed by atoms with E-state index in [0.717, 1.165) is 32.5 Å². The minimum atomic E-state index is 0.108. The molecule has 13 heavy (non-hydrogen) atoms. The standard InChI is InChI=1S/C8H14N4O/c13-6-11-7-10-5-8(12-7)1-3-9-4-2-8/h6,9H,1-5H2,(H2,10,11,12,13). The van der Waals surface area contributed by atoms with Crippen molar-refractivity contribution in [1.82, 2.24) is 16.0 Å². The molecule has 3 N–H and O–H groups in total. The summed E-state index contributed by atoms with van der Waals surface area (Å²) in [6.45, 7) is 2.83. The molecule has 1 saturated heterocycles. The van der Waals surface area contributed by atoms with Gasteiger partial charge in [-0.05, 0) is 25.9 Å². The zero-order chi connectivity index (χ0) is 9.15. The van der Waals surface area contributed by atoms with Gasteiger partial charge in [0.2, 0.25) is 6.41 Å². The van der Waals surface area contributed by atoms with Gasteiger partial charge in [-0.1, -0.05) is 0 Å². The lowest BCUT2D eigenvalue weighted by Gasteiger charge is -2.33. The fourth-order valence-corrected chi connectivity index (χ4v) is 1.89. The Hall–Kier alpha value is -1.10. The van der Waals surface area contributed by atoms with E-state index in [9.17, 15) is 4.79 Å². The summed E-state index contributed by atoms with van der Waals surface area (Å²) in [5.74, 6) is 0.622. The Bertz CT molecular complexity index is 232. The molecule has 5 nitrogen and oxygen atoms in total. The van der Waals surface area contributed by atoms with Crippen LogP contribution in [0.25, 0.3) is 0 Å². The van der Waals surface area contributed by atoms with Crippen LogP contribution in [0.2, 0.25) is 0 Å². The zero-order valence-electron chi connectivity index (χ0n) is 7.47. The van der Waals surface area contributed by atoms with Crippen LogP contribution in [0.1, 0.15) is 12.8 Å². The summed E-state index contributed by atoms with van der Waals surface area (Å²) in [5, 5.41) is 9.13. The summed E-state index contributed by atoms with van der Waals surface area (Å²) in [5.41, 5.74) is 0.108. The van der Waals surface area contributed by atoms with E-state index >= 15 is 0 Å². The Labute approximate surface area is 77.0 Å². The molecule has 5 heteroatoms. The molecule has 0 radical (unpaired) electrons. The molecule has 1 spiro atoms. The third kappa shape index (κ3) is 1.65. The van der Waals surface area contributed by atoms with Crippen LogP contribution in [0.4, 0.5) is 0 Å². The highest BCUT2D eigenvalue weighted by molar-refractivity contribution is 5.90. The van der Waals surface area contributed by atoms with Gasteiger partial charge in [0, 0.05) is 0 Å². The van der Waals surface area contributed by atoms with E-state index in [1.807, 2.05) is 0 Å². The molecule has 0 bridgehead atoms. The first-order valence-corrected chi connectivity index (χ1v) is 4.58. The van der Waals surface area contributed by atoms with E-state index in [0.29, 0.717) is 12.4 Å². The van der Waals surface area contributed by atoms with Crippen molar-refractivity contribution >= 4 is 12.4 Å². The molecule has 72 valence electrons. The zero-order valence-corrected chi connectivity index (χ0v) is 7.47. The fourth-order valence-electron chi connectivity index (χ4n) is 1.89. The lowest BCUT2D eigenvalue weighted by molar-refractivity contribution is -0.108. The Morgan fingerprint density at radius 3 is 2.92 bits per heavy atom. The number of carbonyl (C=O) groups is 1. The van der Waals surface area contributed by atoms with Gasteiger partial charge in [0.05, 0.1) is 12.1 Å². The van der Waals surface area contributed by atoms with Crippen molar-refractivity contribution in [3.05, 3.63) is 0 Å². The number of hydrogen-bond donors (Lipinski definition) is 3. The van der Waals surface area contributed by atoms with E-state index in [4.69, 9.17) is 0 Å². The van der Waals surface area contributed by atoms with Crippen molar-refractivity contribution in [2.24, 2.45) is 4.99 Å². The average Bonchev–Trinajstić information content (AvgIpc) is 2.51. The highest BCUT2D eigenvalue weighted by Crippen LogP contribution is 2.21. The number of hydrogen-bond acceptors (Lipinski definition) is 4. The van der Waals surface area contributed by atoms with E-state index in [-0.39, 0.29) is 5.54 Å².